The molecule has 0 atom stereocenters. The van der Waals surface area contributed by atoms with Crippen LogP contribution in [-0.2, 0) is 22.6 Å². The minimum absolute atomic E-state index is 0.000238. The maximum atomic E-state index is 12.2. The highest BCUT2D eigenvalue weighted by molar-refractivity contribution is 7.16. The molecule has 3 aromatic heterocycles. The van der Waals surface area contributed by atoms with Gasteiger partial charge in [0, 0.05) is 22.7 Å². The number of esters is 1. The van der Waals surface area contributed by atoms with Crippen molar-refractivity contribution in [3.63, 3.8) is 0 Å². The van der Waals surface area contributed by atoms with E-state index in [1.807, 2.05) is 25.1 Å². The lowest BCUT2D eigenvalue weighted by Crippen LogP contribution is -2.14. The van der Waals surface area contributed by atoms with Crippen molar-refractivity contribution in [2.24, 2.45) is 0 Å². The first-order valence-corrected chi connectivity index (χ1v) is 8.80. The summed E-state index contributed by atoms with van der Waals surface area (Å²) in [6.07, 6.45) is 1.69. The van der Waals surface area contributed by atoms with Gasteiger partial charge in [0.15, 0.2) is 5.01 Å². The first kappa shape index (κ1) is 16.5. The van der Waals surface area contributed by atoms with Crippen molar-refractivity contribution in [1.29, 1.82) is 0 Å². The van der Waals surface area contributed by atoms with Gasteiger partial charge < -0.3 is 9.15 Å². The van der Waals surface area contributed by atoms with Crippen LogP contribution >= 0.6 is 11.3 Å². The zero-order valence-corrected chi connectivity index (χ0v) is 15.0. The average molecular weight is 369 g/mol. The summed E-state index contributed by atoms with van der Waals surface area (Å²) in [6, 6.07) is 7.25. The van der Waals surface area contributed by atoms with Gasteiger partial charge in [-0.2, -0.15) is 9.61 Å². The molecule has 0 fully saturated rings. The smallest absolute Gasteiger partial charge is 0.310 e. The maximum absolute atomic E-state index is 12.2. The largest absolute Gasteiger partial charge is 0.464 e. The Morgan fingerprint density at radius 2 is 2.15 bits per heavy atom. The highest BCUT2D eigenvalue weighted by Crippen LogP contribution is 2.23. The molecule has 0 radical (unpaired) electrons. The number of furan rings is 1. The number of aryl methyl sites for hydroxylation is 2. The molecule has 0 saturated carbocycles. The second kappa shape index (κ2) is 6.38. The van der Waals surface area contributed by atoms with Gasteiger partial charge in [0.25, 0.3) is 5.56 Å². The summed E-state index contributed by atoms with van der Waals surface area (Å²) in [6.45, 7) is 3.73. The fourth-order valence-corrected chi connectivity index (χ4v) is 3.55. The molecule has 3 heterocycles. The summed E-state index contributed by atoms with van der Waals surface area (Å²) in [7, 11) is 0. The Bertz CT molecular complexity index is 1190. The third kappa shape index (κ3) is 3.11. The van der Waals surface area contributed by atoms with Gasteiger partial charge in [0.1, 0.15) is 12.2 Å². The number of hydrogen-bond acceptors (Lipinski definition) is 7. The zero-order valence-electron chi connectivity index (χ0n) is 14.2. The monoisotopic (exact) mass is 369 g/mol. The van der Waals surface area contributed by atoms with Gasteiger partial charge in [-0.05, 0) is 25.5 Å². The van der Waals surface area contributed by atoms with E-state index in [0.29, 0.717) is 15.7 Å². The molecule has 0 N–H and O–H groups in total. The Balaban J connectivity index is 1.47. The van der Waals surface area contributed by atoms with E-state index >= 15 is 0 Å². The number of ether oxygens (including phenoxy) is 1. The molecule has 26 heavy (non-hydrogen) atoms. The van der Waals surface area contributed by atoms with E-state index in [1.165, 1.54) is 21.9 Å². The summed E-state index contributed by atoms with van der Waals surface area (Å²) >= 11 is 1.22. The number of fused-ring (bicyclic) bond motifs is 2. The van der Waals surface area contributed by atoms with E-state index in [1.54, 1.807) is 13.2 Å². The molecule has 8 heteroatoms. The van der Waals surface area contributed by atoms with Crippen molar-refractivity contribution in [3.8, 4) is 0 Å². The minimum Gasteiger partial charge on any atom is -0.464 e. The highest BCUT2D eigenvalue weighted by Gasteiger charge is 2.14. The van der Waals surface area contributed by atoms with Crippen LogP contribution in [-0.4, -0.2) is 20.6 Å². The molecule has 0 aliphatic heterocycles. The first-order valence-electron chi connectivity index (χ1n) is 7.98. The number of carbonyl (C=O) groups excluding carboxylic acids is 1. The highest BCUT2D eigenvalue weighted by atomic mass is 32.1. The van der Waals surface area contributed by atoms with Gasteiger partial charge in [-0.1, -0.05) is 23.5 Å². The number of nitrogens with zero attached hydrogens (tertiary/aromatic N) is 3. The van der Waals surface area contributed by atoms with Crippen LogP contribution in [0.2, 0.25) is 0 Å². The SMILES string of the molecule is Cc1ccc2c(CC(=O)OCc3nn4c(=O)cc(C)nc4s3)coc2c1. The normalized spacial score (nSPS) is 11.3. The Kier molecular flexibility index (Phi) is 4.04. The van der Waals surface area contributed by atoms with Gasteiger partial charge in [-0.3, -0.25) is 9.59 Å². The van der Waals surface area contributed by atoms with Gasteiger partial charge in [-0.15, -0.1) is 0 Å². The van der Waals surface area contributed by atoms with Crippen molar-refractivity contribution < 1.29 is 13.9 Å². The summed E-state index contributed by atoms with van der Waals surface area (Å²) in [5.74, 6) is -0.385. The van der Waals surface area contributed by atoms with E-state index in [2.05, 4.69) is 10.1 Å². The number of benzene rings is 1. The summed E-state index contributed by atoms with van der Waals surface area (Å²) in [5.41, 5.74) is 3.00. The number of hydrogen-bond donors (Lipinski definition) is 0. The summed E-state index contributed by atoms with van der Waals surface area (Å²) < 4.78 is 12.0. The summed E-state index contributed by atoms with van der Waals surface area (Å²) in [5, 5.41) is 5.56. The Hall–Kier alpha value is -3.00. The fraction of sp³-hybridized carbons (Fsp3) is 0.222. The molecule has 0 unspecified atom stereocenters. The minimum atomic E-state index is -0.385. The molecule has 0 amide bonds. The first-order chi connectivity index (χ1) is 12.5. The molecule has 0 bridgehead atoms. The molecule has 132 valence electrons. The topological polar surface area (TPSA) is 86.7 Å². The lowest BCUT2D eigenvalue weighted by molar-refractivity contribution is -0.144. The number of carbonyl (C=O) groups is 1. The van der Waals surface area contributed by atoms with Gasteiger partial charge in [0.2, 0.25) is 4.96 Å². The predicted molar refractivity (Wildman–Crippen MR) is 96.3 cm³/mol. The standard InChI is InChI=1S/C18H15N3O4S/c1-10-3-4-13-12(8-24-14(13)5-10)7-17(23)25-9-15-20-21-16(22)6-11(2)19-18(21)26-15/h3-6,8H,7,9H2,1-2H3. The molecule has 1 aromatic carbocycles. The van der Waals surface area contributed by atoms with Crippen molar-refractivity contribution >= 4 is 33.2 Å². The van der Waals surface area contributed by atoms with Crippen LogP contribution in [0.1, 0.15) is 21.8 Å². The fourth-order valence-electron chi connectivity index (χ4n) is 2.69. The molecule has 4 aromatic rings. The van der Waals surface area contributed by atoms with E-state index in [-0.39, 0.29) is 24.6 Å². The molecular formula is C18H15N3O4S. The Labute approximate surface area is 151 Å². The lowest BCUT2D eigenvalue weighted by Gasteiger charge is -2.01. The zero-order chi connectivity index (χ0) is 18.3. The number of aromatic nitrogens is 3. The van der Waals surface area contributed by atoms with Crippen LogP contribution in [0.4, 0.5) is 0 Å². The Morgan fingerprint density at radius 1 is 1.31 bits per heavy atom. The van der Waals surface area contributed by atoms with Crippen molar-refractivity contribution in [2.45, 2.75) is 26.9 Å². The predicted octanol–water partition coefficient (Wildman–Crippen LogP) is 2.80. The van der Waals surface area contributed by atoms with Gasteiger partial charge in [-0.25, -0.2) is 4.98 Å². The van der Waals surface area contributed by atoms with Crippen molar-refractivity contribution in [3.05, 3.63) is 62.7 Å². The Morgan fingerprint density at radius 3 is 3.00 bits per heavy atom. The maximum Gasteiger partial charge on any atom is 0.310 e. The van der Waals surface area contributed by atoms with Crippen LogP contribution in [0.3, 0.4) is 0 Å². The molecule has 0 saturated heterocycles. The van der Waals surface area contributed by atoms with Crippen LogP contribution < -0.4 is 5.56 Å². The van der Waals surface area contributed by atoms with E-state index in [4.69, 9.17) is 9.15 Å². The second-order valence-corrected chi connectivity index (χ2v) is 7.06. The summed E-state index contributed by atoms with van der Waals surface area (Å²) in [4.78, 5) is 28.8. The average Bonchev–Trinajstić information content (AvgIpc) is 3.17. The van der Waals surface area contributed by atoms with Crippen LogP contribution in [0.25, 0.3) is 15.9 Å². The molecule has 7 nitrogen and oxygen atoms in total. The van der Waals surface area contributed by atoms with E-state index in [9.17, 15) is 9.59 Å². The van der Waals surface area contributed by atoms with Gasteiger partial charge in [0.05, 0.1) is 12.7 Å². The van der Waals surface area contributed by atoms with Gasteiger partial charge >= 0.3 is 5.97 Å². The number of rotatable bonds is 4. The van der Waals surface area contributed by atoms with Crippen LogP contribution in [0.5, 0.6) is 0 Å². The molecule has 0 spiro atoms. The lowest BCUT2D eigenvalue weighted by atomic mass is 10.1. The molecule has 0 aliphatic carbocycles. The quantitative estimate of drug-likeness (QED) is 0.514. The van der Waals surface area contributed by atoms with Crippen LogP contribution in [0.15, 0.2) is 39.7 Å². The third-order valence-corrected chi connectivity index (χ3v) is 4.80. The van der Waals surface area contributed by atoms with E-state index < -0.39 is 0 Å². The molecular weight excluding hydrogens is 354 g/mol. The molecule has 4 rings (SSSR count). The van der Waals surface area contributed by atoms with Crippen molar-refractivity contribution in [2.75, 3.05) is 0 Å². The third-order valence-electron chi connectivity index (χ3n) is 3.92. The van der Waals surface area contributed by atoms with E-state index in [0.717, 1.165) is 22.1 Å². The molecule has 0 aliphatic rings. The van der Waals surface area contributed by atoms with Crippen molar-refractivity contribution in [1.82, 2.24) is 14.6 Å². The second-order valence-electron chi connectivity index (χ2n) is 6.02. The van der Waals surface area contributed by atoms with Crippen LogP contribution in [0, 0.1) is 13.8 Å².